The molecule has 0 N–H and O–H groups in total. The zero-order valence-corrected chi connectivity index (χ0v) is 15.9. The summed E-state index contributed by atoms with van der Waals surface area (Å²) in [6.07, 6.45) is 5.95. The molecule has 2 aliphatic carbocycles. The van der Waals surface area contributed by atoms with E-state index >= 15 is 0 Å². The molecular weight excluding hydrogens is 324 g/mol. The smallest absolute Gasteiger partial charge is 0.00637 e. The van der Waals surface area contributed by atoms with E-state index < -0.39 is 0 Å². The third-order valence-corrected chi connectivity index (χ3v) is 6.30. The number of fused-ring (bicyclic) bond motifs is 2. The van der Waals surface area contributed by atoms with E-state index in [-0.39, 0.29) is 0 Å². The standard InChI is InChI=1S/C27H24/c1-18-15-21-11-6-7-12-23(21)25(18)17-26-19(2)16-27-22(13-8-14-24(26)27)20-9-4-3-5-10-20/h3-16,25-26H,17H2,1-2H3. The van der Waals surface area contributed by atoms with Gasteiger partial charge in [0.15, 0.2) is 0 Å². The van der Waals surface area contributed by atoms with Gasteiger partial charge < -0.3 is 0 Å². The van der Waals surface area contributed by atoms with Gasteiger partial charge in [-0.1, -0.05) is 96.1 Å². The van der Waals surface area contributed by atoms with E-state index in [1.54, 1.807) is 0 Å². The first-order chi connectivity index (χ1) is 13.2. The summed E-state index contributed by atoms with van der Waals surface area (Å²) in [6, 6.07) is 26.5. The van der Waals surface area contributed by atoms with Crippen molar-refractivity contribution in [2.24, 2.45) is 0 Å². The summed E-state index contributed by atoms with van der Waals surface area (Å²) in [6.45, 7) is 4.60. The molecule has 3 aromatic carbocycles. The van der Waals surface area contributed by atoms with Crippen LogP contribution >= 0.6 is 0 Å². The topological polar surface area (TPSA) is 0 Å². The fourth-order valence-corrected chi connectivity index (χ4v) is 4.90. The number of allylic oxidation sites excluding steroid dienone is 2. The monoisotopic (exact) mass is 348 g/mol. The molecule has 0 heteroatoms. The SMILES string of the molecule is CC1=Cc2ccccc2C1CC1C(C)=Cc2c(-c3ccccc3)cccc21. The predicted molar refractivity (Wildman–Crippen MR) is 116 cm³/mol. The van der Waals surface area contributed by atoms with Crippen molar-refractivity contribution >= 4 is 12.2 Å². The van der Waals surface area contributed by atoms with Crippen molar-refractivity contribution in [3.05, 3.63) is 106 Å². The van der Waals surface area contributed by atoms with Gasteiger partial charge in [0.25, 0.3) is 0 Å². The maximum Gasteiger partial charge on any atom is 0.00637 e. The minimum absolute atomic E-state index is 0.503. The Balaban J connectivity index is 1.53. The van der Waals surface area contributed by atoms with E-state index in [0.717, 1.165) is 6.42 Å². The Morgan fingerprint density at radius 1 is 0.630 bits per heavy atom. The minimum atomic E-state index is 0.503. The second-order valence-corrected chi connectivity index (χ2v) is 7.92. The molecule has 27 heavy (non-hydrogen) atoms. The van der Waals surface area contributed by atoms with Gasteiger partial charge >= 0.3 is 0 Å². The van der Waals surface area contributed by atoms with Crippen molar-refractivity contribution in [3.8, 4) is 11.1 Å². The summed E-state index contributed by atoms with van der Waals surface area (Å²) < 4.78 is 0. The third-order valence-electron chi connectivity index (χ3n) is 6.30. The first-order valence-electron chi connectivity index (χ1n) is 9.86. The maximum atomic E-state index is 2.42. The maximum absolute atomic E-state index is 2.42. The molecule has 2 aliphatic rings. The molecule has 0 heterocycles. The molecule has 2 unspecified atom stereocenters. The molecule has 0 aromatic heterocycles. The molecule has 0 radical (unpaired) electrons. The van der Waals surface area contributed by atoms with Crippen LogP contribution in [0.5, 0.6) is 0 Å². The quantitative estimate of drug-likeness (QED) is 0.461. The van der Waals surface area contributed by atoms with Gasteiger partial charge in [-0.05, 0) is 53.6 Å². The van der Waals surface area contributed by atoms with Crippen LogP contribution in [0.4, 0.5) is 0 Å². The van der Waals surface area contributed by atoms with Crippen LogP contribution in [0, 0.1) is 0 Å². The van der Waals surface area contributed by atoms with E-state index in [2.05, 4.69) is 98.8 Å². The molecule has 132 valence electrons. The average molecular weight is 348 g/mol. The Kier molecular flexibility index (Phi) is 3.86. The fourth-order valence-electron chi connectivity index (χ4n) is 4.90. The summed E-state index contributed by atoms with van der Waals surface area (Å²) in [5.41, 5.74) is 11.5. The summed E-state index contributed by atoms with van der Waals surface area (Å²) in [5.74, 6) is 1.03. The van der Waals surface area contributed by atoms with Crippen LogP contribution in [0.15, 0.2) is 83.9 Å². The molecule has 0 aliphatic heterocycles. The van der Waals surface area contributed by atoms with Crippen molar-refractivity contribution in [1.29, 1.82) is 0 Å². The van der Waals surface area contributed by atoms with Crippen LogP contribution in [-0.2, 0) is 0 Å². The molecule has 0 fully saturated rings. The van der Waals surface area contributed by atoms with Gasteiger partial charge in [-0.25, -0.2) is 0 Å². The average Bonchev–Trinajstić information content (AvgIpc) is 3.19. The largest absolute Gasteiger partial charge is 0.0652 e. The molecule has 0 saturated heterocycles. The Morgan fingerprint density at radius 3 is 2.15 bits per heavy atom. The van der Waals surface area contributed by atoms with Gasteiger partial charge in [0.1, 0.15) is 0 Å². The van der Waals surface area contributed by atoms with Crippen LogP contribution < -0.4 is 0 Å². The van der Waals surface area contributed by atoms with Gasteiger partial charge in [-0.3, -0.25) is 0 Å². The Bertz CT molecular complexity index is 1070. The van der Waals surface area contributed by atoms with Crippen LogP contribution in [0.3, 0.4) is 0 Å². The summed E-state index contributed by atoms with van der Waals surface area (Å²) >= 11 is 0. The molecule has 0 amide bonds. The molecular formula is C27H24. The second kappa shape index (κ2) is 6.39. The minimum Gasteiger partial charge on any atom is -0.0652 e. The second-order valence-electron chi connectivity index (χ2n) is 7.92. The van der Waals surface area contributed by atoms with E-state index in [4.69, 9.17) is 0 Å². The van der Waals surface area contributed by atoms with Crippen molar-refractivity contribution < 1.29 is 0 Å². The third kappa shape index (κ3) is 2.68. The number of rotatable bonds is 3. The molecule has 0 saturated carbocycles. The molecule has 2 atom stereocenters. The first-order valence-corrected chi connectivity index (χ1v) is 9.86. The van der Waals surface area contributed by atoms with Crippen LogP contribution in [-0.4, -0.2) is 0 Å². The van der Waals surface area contributed by atoms with E-state index in [0.29, 0.717) is 11.8 Å². The van der Waals surface area contributed by atoms with E-state index in [9.17, 15) is 0 Å². The highest BCUT2D eigenvalue weighted by molar-refractivity contribution is 5.82. The zero-order chi connectivity index (χ0) is 18.4. The van der Waals surface area contributed by atoms with Crippen LogP contribution in [0.25, 0.3) is 23.3 Å². The Labute approximate surface area is 161 Å². The van der Waals surface area contributed by atoms with Crippen LogP contribution in [0.2, 0.25) is 0 Å². The van der Waals surface area contributed by atoms with E-state index in [1.165, 1.54) is 44.5 Å². The zero-order valence-electron chi connectivity index (χ0n) is 15.9. The van der Waals surface area contributed by atoms with Crippen molar-refractivity contribution in [1.82, 2.24) is 0 Å². The van der Waals surface area contributed by atoms with Gasteiger partial charge in [0.05, 0.1) is 0 Å². The molecule has 0 bridgehead atoms. The van der Waals surface area contributed by atoms with Crippen molar-refractivity contribution in [2.45, 2.75) is 32.1 Å². The fraction of sp³-hybridized carbons (Fsp3) is 0.185. The summed E-state index contributed by atoms with van der Waals surface area (Å²) in [4.78, 5) is 0. The van der Waals surface area contributed by atoms with Crippen LogP contribution in [0.1, 0.15) is 54.4 Å². The Hall–Kier alpha value is -2.86. The predicted octanol–water partition coefficient (Wildman–Crippen LogP) is 7.44. The normalized spacial score (nSPS) is 20.1. The highest BCUT2D eigenvalue weighted by atomic mass is 14.3. The van der Waals surface area contributed by atoms with Gasteiger partial charge in [-0.2, -0.15) is 0 Å². The first kappa shape index (κ1) is 16.3. The molecule has 0 nitrogen and oxygen atoms in total. The van der Waals surface area contributed by atoms with Gasteiger partial charge in [0, 0.05) is 11.8 Å². The lowest BCUT2D eigenvalue weighted by atomic mass is 9.82. The van der Waals surface area contributed by atoms with Gasteiger partial charge in [-0.15, -0.1) is 0 Å². The lowest BCUT2D eigenvalue weighted by Gasteiger charge is -2.22. The van der Waals surface area contributed by atoms with Gasteiger partial charge in [0.2, 0.25) is 0 Å². The van der Waals surface area contributed by atoms with Crippen molar-refractivity contribution in [2.75, 3.05) is 0 Å². The molecule has 5 rings (SSSR count). The molecule has 3 aromatic rings. The molecule has 0 spiro atoms. The summed E-state index contributed by atoms with van der Waals surface area (Å²) in [7, 11) is 0. The number of benzene rings is 3. The van der Waals surface area contributed by atoms with E-state index in [1.807, 2.05) is 0 Å². The highest BCUT2D eigenvalue weighted by Gasteiger charge is 2.31. The highest BCUT2D eigenvalue weighted by Crippen LogP contribution is 2.48. The lowest BCUT2D eigenvalue weighted by molar-refractivity contribution is 0.642. The Morgan fingerprint density at radius 2 is 1.30 bits per heavy atom. The van der Waals surface area contributed by atoms with Crippen molar-refractivity contribution in [3.63, 3.8) is 0 Å². The lowest BCUT2D eigenvalue weighted by Crippen LogP contribution is -2.06. The number of hydrogen-bond donors (Lipinski definition) is 0. The summed E-state index contributed by atoms with van der Waals surface area (Å²) in [5, 5.41) is 0. The number of hydrogen-bond acceptors (Lipinski definition) is 0.